The normalized spacial score (nSPS) is 15.6. The van der Waals surface area contributed by atoms with E-state index < -0.39 is 6.61 Å². The lowest BCUT2D eigenvalue weighted by Crippen LogP contribution is -2.41. The number of rotatable bonds is 11. The molecule has 0 bridgehead atoms. The van der Waals surface area contributed by atoms with Gasteiger partial charge in [0, 0.05) is 30.1 Å². The maximum absolute atomic E-state index is 12.8. The summed E-state index contributed by atoms with van der Waals surface area (Å²) in [5.74, 6) is 1.13. The molecular formula is C19H29F2N3O3. The molecule has 27 heavy (non-hydrogen) atoms. The minimum Gasteiger partial charge on any atom is -0.493 e. The number of nitrogens with one attached hydrogen (secondary N) is 2. The van der Waals surface area contributed by atoms with Crippen LogP contribution >= 0.6 is 0 Å². The molecule has 1 fully saturated rings. The first-order chi connectivity index (χ1) is 13.0. The van der Waals surface area contributed by atoms with Gasteiger partial charge in [0.05, 0.1) is 19.8 Å². The fraction of sp³-hybridized carbons (Fsp3) is 0.632. The molecule has 0 atom stereocenters. The van der Waals surface area contributed by atoms with E-state index in [1.165, 1.54) is 6.07 Å². The smallest absolute Gasteiger partial charge is 0.387 e. The standard InChI is InChI=1S/C19H29F2N3O3/c1-3-9-26-15-6-5-14(16(10-15)27-17(20)21)11-23-18(22-4-2)24-12-19(13-25)7-8-19/h5-6,10,17,25H,3-4,7-9,11-13H2,1-2H3,(H2,22,23,24). The second-order valence-corrected chi connectivity index (χ2v) is 6.70. The summed E-state index contributed by atoms with van der Waals surface area (Å²) >= 11 is 0. The number of nitrogens with zero attached hydrogens (tertiary/aromatic N) is 1. The van der Waals surface area contributed by atoms with Crippen LogP contribution in [-0.4, -0.2) is 44.0 Å². The monoisotopic (exact) mass is 385 g/mol. The summed E-state index contributed by atoms with van der Waals surface area (Å²) in [5, 5.41) is 15.7. The molecule has 0 saturated heterocycles. The first kappa shape index (κ1) is 21.2. The number of aliphatic imine (C=N–C) groups is 1. The number of alkyl halides is 2. The van der Waals surface area contributed by atoms with Crippen LogP contribution in [0.25, 0.3) is 0 Å². The maximum atomic E-state index is 12.8. The van der Waals surface area contributed by atoms with Crippen LogP contribution in [0.4, 0.5) is 8.78 Å². The number of hydrogen-bond donors (Lipinski definition) is 3. The molecule has 1 saturated carbocycles. The average molecular weight is 385 g/mol. The van der Waals surface area contributed by atoms with Gasteiger partial charge in [-0.05, 0) is 38.3 Å². The molecule has 3 N–H and O–H groups in total. The summed E-state index contributed by atoms with van der Waals surface area (Å²) in [4.78, 5) is 4.46. The summed E-state index contributed by atoms with van der Waals surface area (Å²) in [6.45, 7) is 3.12. The van der Waals surface area contributed by atoms with Crippen molar-refractivity contribution in [2.75, 3.05) is 26.3 Å². The predicted octanol–water partition coefficient (Wildman–Crippen LogP) is 2.90. The van der Waals surface area contributed by atoms with Crippen LogP contribution in [0.1, 0.15) is 38.7 Å². The van der Waals surface area contributed by atoms with Gasteiger partial charge in [-0.1, -0.05) is 6.92 Å². The summed E-state index contributed by atoms with van der Waals surface area (Å²) in [7, 11) is 0. The minimum absolute atomic E-state index is 0.0571. The van der Waals surface area contributed by atoms with Crippen molar-refractivity contribution in [1.29, 1.82) is 0 Å². The Morgan fingerprint density at radius 2 is 2.07 bits per heavy atom. The number of aliphatic hydroxyl groups is 1. The molecule has 0 aliphatic heterocycles. The molecule has 0 radical (unpaired) electrons. The van der Waals surface area contributed by atoms with Crippen LogP contribution in [0.3, 0.4) is 0 Å². The molecule has 152 valence electrons. The molecule has 0 amide bonds. The largest absolute Gasteiger partial charge is 0.493 e. The molecule has 1 aliphatic rings. The van der Waals surface area contributed by atoms with Gasteiger partial charge in [-0.15, -0.1) is 0 Å². The van der Waals surface area contributed by atoms with Gasteiger partial charge in [-0.2, -0.15) is 8.78 Å². The number of ether oxygens (including phenoxy) is 2. The minimum atomic E-state index is -2.92. The summed E-state index contributed by atoms with van der Waals surface area (Å²) in [6, 6.07) is 4.88. The van der Waals surface area contributed by atoms with Gasteiger partial charge < -0.3 is 25.2 Å². The van der Waals surface area contributed by atoms with Crippen molar-refractivity contribution in [1.82, 2.24) is 10.6 Å². The fourth-order valence-corrected chi connectivity index (χ4v) is 2.53. The van der Waals surface area contributed by atoms with E-state index in [2.05, 4.69) is 20.4 Å². The molecule has 8 heteroatoms. The Morgan fingerprint density at radius 1 is 1.30 bits per heavy atom. The molecule has 0 heterocycles. The van der Waals surface area contributed by atoms with Crippen molar-refractivity contribution in [3.63, 3.8) is 0 Å². The second-order valence-electron chi connectivity index (χ2n) is 6.70. The molecular weight excluding hydrogens is 356 g/mol. The second kappa shape index (κ2) is 10.3. The van der Waals surface area contributed by atoms with E-state index in [9.17, 15) is 13.9 Å². The third kappa shape index (κ3) is 6.86. The number of benzene rings is 1. The van der Waals surface area contributed by atoms with Gasteiger partial charge in [0.15, 0.2) is 5.96 Å². The highest BCUT2D eigenvalue weighted by Gasteiger charge is 2.41. The van der Waals surface area contributed by atoms with Gasteiger partial charge in [0.1, 0.15) is 11.5 Å². The predicted molar refractivity (Wildman–Crippen MR) is 100 cm³/mol. The van der Waals surface area contributed by atoms with E-state index in [1.54, 1.807) is 12.1 Å². The molecule has 0 unspecified atom stereocenters. The summed E-state index contributed by atoms with van der Waals surface area (Å²) in [6.07, 6.45) is 2.80. The molecule has 6 nitrogen and oxygen atoms in total. The topological polar surface area (TPSA) is 75.1 Å². The zero-order chi connectivity index (χ0) is 19.7. The van der Waals surface area contributed by atoms with E-state index >= 15 is 0 Å². The van der Waals surface area contributed by atoms with Gasteiger partial charge in [-0.3, -0.25) is 0 Å². The van der Waals surface area contributed by atoms with Crippen molar-refractivity contribution in [2.45, 2.75) is 46.3 Å². The van der Waals surface area contributed by atoms with Gasteiger partial charge in [0.2, 0.25) is 0 Å². The van der Waals surface area contributed by atoms with Crippen molar-refractivity contribution < 1.29 is 23.4 Å². The van der Waals surface area contributed by atoms with Crippen LogP contribution in [0.15, 0.2) is 23.2 Å². The summed E-state index contributed by atoms with van der Waals surface area (Å²) < 4.78 is 35.6. The Balaban J connectivity index is 2.07. The Kier molecular flexibility index (Phi) is 8.09. The highest BCUT2D eigenvalue weighted by molar-refractivity contribution is 5.79. The van der Waals surface area contributed by atoms with Crippen LogP contribution in [0.2, 0.25) is 0 Å². The quantitative estimate of drug-likeness (QED) is 0.403. The van der Waals surface area contributed by atoms with Gasteiger partial charge >= 0.3 is 6.61 Å². The highest BCUT2D eigenvalue weighted by atomic mass is 19.3. The zero-order valence-corrected chi connectivity index (χ0v) is 15.9. The van der Waals surface area contributed by atoms with Gasteiger partial charge in [0.25, 0.3) is 0 Å². The Bertz CT molecular complexity index is 622. The Morgan fingerprint density at radius 3 is 2.67 bits per heavy atom. The van der Waals surface area contributed by atoms with Crippen molar-refractivity contribution in [3.05, 3.63) is 23.8 Å². The molecule has 1 aromatic carbocycles. The van der Waals surface area contributed by atoms with Crippen molar-refractivity contribution in [2.24, 2.45) is 10.4 Å². The number of hydrogen-bond acceptors (Lipinski definition) is 4. The third-order valence-electron chi connectivity index (χ3n) is 4.40. The van der Waals surface area contributed by atoms with E-state index in [1.807, 2.05) is 13.8 Å². The van der Waals surface area contributed by atoms with Crippen LogP contribution in [-0.2, 0) is 6.54 Å². The van der Waals surface area contributed by atoms with E-state index in [0.29, 0.717) is 37.0 Å². The SMILES string of the molecule is CCCOc1ccc(CN=C(NCC)NCC2(CO)CC2)c(OC(F)F)c1. The molecule has 1 aromatic rings. The lowest BCUT2D eigenvalue weighted by molar-refractivity contribution is -0.0505. The van der Waals surface area contributed by atoms with Crippen LogP contribution in [0.5, 0.6) is 11.5 Å². The lowest BCUT2D eigenvalue weighted by atomic mass is 10.1. The fourth-order valence-electron chi connectivity index (χ4n) is 2.53. The first-order valence-electron chi connectivity index (χ1n) is 9.35. The van der Waals surface area contributed by atoms with E-state index in [4.69, 9.17) is 4.74 Å². The number of guanidine groups is 1. The van der Waals surface area contributed by atoms with E-state index in [-0.39, 0.29) is 24.3 Å². The number of aliphatic hydroxyl groups excluding tert-OH is 1. The van der Waals surface area contributed by atoms with Crippen molar-refractivity contribution >= 4 is 5.96 Å². The third-order valence-corrected chi connectivity index (χ3v) is 4.40. The Hall–Kier alpha value is -2.09. The molecule has 0 spiro atoms. The van der Waals surface area contributed by atoms with Crippen molar-refractivity contribution in [3.8, 4) is 11.5 Å². The summed E-state index contributed by atoms with van der Waals surface area (Å²) in [5.41, 5.74) is 0.484. The Labute approximate surface area is 159 Å². The molecule has 2 rings (SSSR count). The van der Waals surface area contributed by atoms with Crippen LogP contribution < -0.4 is 20.1 Å². The molecule has 0 aromatic heterocycles. The van der Waals surface area contributed by atoms with Gasteiger partial charge in [-0.25, -0.2) is 4.99 Å². The van der Waals surface area contributed by atoms with E-state index in [0.717, 1.165) is 19.3 Å². The number of halogens is 2. The molecule has 1 aliphatic carbocycles. The highest BCUT2D eigenvalue weighted by Crippen LogP contribution is 2.44. The average Bonchev–Trinajstić information content (AvgIpc) is 3.43. The first-order valence-corrected chi connectivity index (χ1v) is 9.35. The zero-order valence-electron chi connectivity index (χ0n) is 15.9. The maximum Gasteiger partial charge on any atom is 0.387 e. The van der Waals surface area contributed by atoms with Crippen LogP contribution in [0, 0.1) is 5.41 Å². The lowest BCUT2D eigenvalue weighted by Gasteiger charge is -2.17.